The number of rotatable bonds is 14. The van der Waals surface area contributed by atoms with Gasteiger partial charge in [0, 0.05) is 16.8 Å². The van der Waals surface area contributed by atoms with E-state index in [2.05, 4.69) is 74.1 Å². The van der Waals surface area contributed by atoms with Gasteiger partial charge in [0.15, 0.2) is 17.6 Å². The molecule has 0 spiro atoms. The molecule has 2 amide bonds. The van der Waals surface area contributed by atoms with Crippen LogP contribution >= 0.6 is 23.2 Å². The van der Waals surface area contributed by atoms with Gasteiger partial charge < -0.3 is 15.4 Å². The Kier molecular flexibility index (Phi) is 13.7. The third-order valence-corrected chi connectivity index (χ3v) is 13.5. The lowest BCUT2D eigenvalue weighted by molar-refractivity contribution is -0.122. The van der Waals surface area contributed by atoms with E-state index >= 15 is 0 Å². The van der Waals surface area contributed by atoms with Crippen LogP contribution in [-0.4, -0.2) is 40.9 Å². The zero-order valence-corrected chi connectivity index (χ0v) is 38.3. The number of aromatic nitrogens is 2. The lowest BCUT2D eigenvalue weighted by Crippen LogP contribution is -2.35. The Morgan fingerprint density at radius 2 is 1.41 bits per heavy atom. The van der Waals surface area contributed by atoms with Gasteiger partial charge in [0.2, 0.25) is 10.0 Å². The van der Waals surface area contributed by atoms with Gasteiger partial charge in [0.1, 0.15) is 11.4 Å². The van der Waals surface area contributed by atoms with Gasteiger partial charge in [-0.25, -0.2) is 13.1 Å². The molecule has 0 saturated carbocycles. The second kappa shape index (κ2) is 17.1. The van der Waals surface area contributed by atoms with E-state index in [9.17, 15) is 22.8 Å². The molecule has 1 heterocycles. The first kappa shape index (κ1) is 46.4. The fourth-order valence-electron chi connectivity index (χ4n) is 5.91. The number of nitrogens with zero attached hydrogens (tertiary/aromatic N) is 1. The number of H-pyrrole nitrogens is 1. The van der Waals surface area contributed by atoms with Crippen LogP contribution in [0.4, 0.5) is 17.2 Å². The van der Waals surface area contributed by atoms with Gasteiger partial charge >= 0.3 is 0 Å². The van der Waals surface area contributed by atoms with Gasteiger partial charge in [-0.1, -0.05) is 117 Å². The predicted octanol–water partition coefficient (Wildman–Crippen LogP) is 10.7. The fourth-order valence-corrected chi connectivity index (χ4v) is 7.33. The number of ether oxygens (including phenoxy) is 1. The van der Waals surface area contributed by atoms with Crippen molar-refractivity contribution in [2.45, 2.75) is 136 Å². The number of hydrogen-bond donors (Lipinski definition) is 4. The molecular formula is C44H59Cl2N5O6S. The SMILES string of the molecule is CCC(Oc1ccc(C(C)(C)CC)cc1C(C)(C)CC)C(=O)Nc1cc(Cl)c(-n2[nH]c(NC(=O)c3cccc(C(C)(C)C)c3)c(NS(=O)(=O)C(C)(C)C)c2=O)c(Cl)c1. The minimum absolute atomic E-state index is 0.0368. The summed E-state index contributed by atoms with van der Waals surface area (Å²) in [7, 11) is -4.15. The third kappa shape index (κ3) is 10.1. The Balaban J connectivity index is 1.71. The van der Waals surface area contributed by atoms with Crippen LogP contribution in [0.3, 0.4) is 0 Å². The largest absolute Gasteiger partial charge is 0.480 e. The normalized spacial score (nSPS) is 13.2. The molecule has 14 heteroatoms. The van der Waals surface area contributed by atoms with Crippen LogP contribution < -0.4 is 25.7 Å². The monoisotopic (exact) mass is 855 g/mol. The summed E-state index contributed by atoms with van der Waals surface area (Å²) >= 11 is 13.5. The number of nitrogens with one attached hydrogen (secondary N) is 4. The first-order chi connectivity index (χ1) is 26.7. The molecular weight excluding hydrogens is 797 g/mol. The molecule has 4 rings (SSSR count). The van der Waals surface area contributed by atoms with Gasteiger partial charge in [0.25, 0.3) is 17.4 Å². The van der Waals surface area contributed by atoms with Crippen molar-refractivity contribution in [2.75, 3.05) is 15.4 Å². The lowest BCUT2D eigenvalue weighted by Gasteiger charge is -2.31. The van der Waals surface area contributed by atoms with Crippen LogP contribution in [0.2, 0.25) is 10.0 Å². The molecule has 0 aliphatic carbocycles. The maximum absolute atomic E-state index is 14.0. The summed E-state index contributed by atoms with van der Waals surface area (Å²) < 4.78 is 35.1. The van der Waals surface area contributed by atoms with Crippen molar-refractivity contribution in [3.05, 3.63) is 97.3 Å². The quantitative estimate of drug-likeness (QED) is 0.0991. The molecule has 0 aliphatic heterocycles. The number of halogens is 2. The Bertz CT molecular complexity index is 2330. The summed E-state index contributed by atoms with van der Waals surface area (Å²) in [5, 5.41) is 8.19. The molecule has 0 saturated heterocycles. The molecule has 0 aliphatic rings. The Labute approximate surface area is 353 Å². The highest BCUT2D eigenvalue weighted by molar-refractivity contribution is 7.94. The topological polar surface area (TPSA) is 151 Å². The molecule has 4 N–H and O–H groups in total. The molecule has 4 aromatic rings. The molecule has 316 valence electrons. The number of hydrogen-bond acceptors (Lipinski definition) is 6. The van der Waals surface area contributed by atoms with E-state index in [1.165, 1.54) is 38.5 Å². The van der Waals surface area contributed by atoms with Gasteiger partial charge in [-0.05, 0) is 97.7 Å². The molecule has 58 heavy (non-hydrogen) atoms. The van der Waals surface area contributed by atoms with Gasteiger partial charge in [-0.2, -0.15) is 0 Å². The van der Waals surface area contributed by atoms with Crippen molar-refractivity contribution in [3.8, 4) is 11.4 Å². The zero-order valence-electron chi connectivity index (χ0n) is 36.0. The van der Waals surface area contributed by atoms with Crippen LogP contribution in [-0.2, 0) is 31.1 Å². The fraction of sp³-hybridized carbons (Fsp3) is 0.477. The van der Waals surface area contributed by atoms with Crippen LogP contribution in [0, 0.1) is 0 Å². The highest BCUT2D eigenvalue weighted by Gasteiger charge is 2.33. The molecule has 0 fully saturated rings. The molecule has 1 aromatic heterocycles. The van der Waals surface area contributed by atoms with E-state index in [1.807, 2.05) is 39.8 Å². The van der Waals surface area contributed by atoms with E-state index in [0.29, 0.717) is 17.7 Å². The van der Waals surface area contributed by atoms with Crippen LogP contribution in [0.1, 0.15) is 136 Å². The predicted molar refractivity (Wildman–Crippen MR) is 238 cm³/mol. The molecule has 1 atom stereocenters. The maximum Gasteiger partial charge on any atom is 0.297 e. The average Bonchev–Trinajstić information content (AvgIpc) is 3.41. The van der Waals surface area contributed by atoms with E-state index in [1.54, 1.807) is 18.2 Å². The minimum Gasteiger partial charge on any atom is -0.480 e. The number of aromatic amines is 1. The number of carbonyl (C=O) groups is 2. The Hall–Kier alpha value is -4.26. The van der Waals surface area contributed by atoms with E-state index in [0.717, 1.165) is 28.7 Å². The average molecular weight is 857 g/mol. The highest BCUT2D eigenvalue weighted by atomic mass is 35.5. The molecule has 3 aromatic carbocycles. The minimum atomic E-state index is -4.15. The van der Waals surface area contributed by atoms with Crippen molar-refractivity contribution < 1.29 is 22.7 Å². The first-order valence-electron chi connectivity index (χ1n) is 19.6. The number of carbonyl (C=O) groups excluding carboxylic acids is 2. The summed E-state index contributed by atoms with van der Waals surface area (Å²) in [4.78, 5) is 41.4. The number of amides is 2. The maximum atomic E-state index is 14.0. The van der Waals surface area contributed by atoms with Gasteiger partial charge in [0.05, 0.1) is 14.8 Å². The smallest absolute Gasteiger partial charge is 0.297 e. The molecule has 0 bridgehead atoms. The van der Waals surface area contributed by atoms with Crippen LogP contribution in [0.25, 0.3) is 5.69 Å². The second-order valence-corrected chi connectivity index (χ2v) is 21.2. The summed E-state index contributed by atoms with van der Waals surface area (Å²) in [5.74, 6) is -0.625. The van der Waals surface area contributed by atoms with E-state index in [-0.39, 0.29) is 43.5 Å². The van der Waals surface area contributed by atoms with Gasteiger partial charge in [-0.3, -0.25) is 24.2 Å². The lowest BCUT2D eigenvalue weighted by atomic mass is 9.76. The molecule has 0 radical (unpaired) electrons. The second-order valence-electron chi connectivity index (χ2n) is 18.0. The number of benzene rings is 3. The zero-order chi connectivity index (χ0) is 43.8. The Morgan fingerprint density at radius 3 is 1.95 bits per heavy atom. The van der Waals surface area contributed by atoms with E-state index in [4.69, 9.17) is 27.9 Å². The third-order valence-electron chi connectivity index (χ3n) is 10.9. The summed E-state index contributed by atoms with van der Waals surface area (Å²) in [5.41, 5.74) is 1.77. The van der Waals surface area contributed by atoms with Gasteiger partial charge in [-0.15, -0.1) is 0 Å². The first-order valence-corrected chi connectivity index (χ1v) is 21.8. The Morgan fingerprint density at radius 1 is 0.810 bits per heavy atom. The number of anilines is 3. The molecule has 11 nitrogen and oxygen atoms in total. The van der Waals surface area contributed by atoms with Crippen molar-refractivity contribution in [1.29, 1.82) is 0 Å². The number of sulfonamides is 1. The van der Waals surface area contributed by atoms with Crippen LogP contribution in [0.15, 0.2) is 59.4 Å². The van der Waals surface area contributed by atoms with Crippen molar-refractivity contribution in [1.82, 2.24) is 9.78 Å². The summed E-state index contributed by atoms with van der Waals surface area (Å²) in [6.45, 7) is 25.3. The molecule has 1 unspecified atom stereocenters. The van der Waals surface area contributed by atoms with Crippen molar-refractivity contribution in [2.24, 2.45) is 0 Å². The summed E-state index contributed by atoms with van der Waals surface area (Å²) in [6.07, 6.45) is 1.31. The van der Waals surface area contributed by atoms with Crippen molar-refractivity contribution >= 4 is 62.2 Å². The summed E-state index contributed by atoms with van der Waals surface area (Å²) in [6, 6.07) is 16.0. The van der Waals surface area contributed by atoms with E-state index < -0.39 is 43.9 Å². The standard InChI is InChI=1S/C44H59Cl2N5O6S/c1-14-33(57-34-21-20-28(43(10,11)15-2)23-30(34)44(12,13)16-3)39(53)47-29-24-31(45)36(32(46)25-29)51-40(54)35(50-58(55,56)42(7,8)9)37(49-51)48-38(52)26-18-17-19-27(22-26)41(4,5)6/h17-25,33,49-50H,14-16H2,1-13H3,(H,47,53)(H,48,52). The highest BCUT2D eigenvalue weighted by Crippen LogP contribution is 2.39. The van der Waals surface area contributed by atoms with Crippen molar-refractivity contribution in [3.63, 3.8) is 0 Å². The van der Waals surface area contributed by atoms with Crippen LogP contribution in [0.5, 0.6) is 5.75 Å².